The molecular formula is C48H62F3N3O7Si. The molecule has 62 heavy (non-hydrogen) atoms. The summed E-state index contributed by atoms with van der Waals surface area (Å²) in [6, 6.07) is 10.0. The van der Waals surface area contributed by atoms with E-state index in [1.54, 1.807) is 0 Å². The van der Waals surface area contributed by atoms with Gasteiger partial charge in [0, 0.05) is 37.2 Å². The van der Waals surface area contributed by atoms with Gasteiger partial charge in [-0.2, -0.15) is 13.2 Å². The summed E-state index contributed by atoms with van der Waals surface area (Å²) >= 11 is 0. The van der Waals surface area contributed by atoms with Crippen LogP contribution in [-0.2, 0) is 23.6 Å². The lowest BCUT2D eigenvalue weighted by Crippen LogP contribution is -2.66. The molecule has 3 aromatic rings. The number of hydrogen-bond acceptors (Lipinski definition) is 10. The minimum Gasteiger partial charge on any atom is -0.508 e. The highest BCUT2D eigenvalue weighted by atomic mass is 28.4. The van der Waals surface area contributed by atoms with Gasteiger partial charge < -0.3 is 23.5 Å². The summed E-state index contributed by atoms with van der Waals surface area (Å²) in [5.41, 5.74) is -2.03. The number of benzene rings is 2. The van der Waals surface area contributed by atoms with Crippen molar-refractivity contribution in [2.24, 2.45) is 11.8 Å². The van der Waals surface area contributed by atoms with Gasteiger partial charge in [0.2, 0.25) is 5.78 Å². The lowest BCUT2D eigenvalue weighted by atomic mass is 9.58. The molecule has 10 nitrogen and oxygen atoms in total. The third-order valence-corrected chi connectivity index (χ3v) is 19.0. The second-order valence-electron chi connectivity index (χ2n) is 19.5. The van der Waals surface area contributed by atoms with Crippen LogP contribution in [0.3, 0.4) is 0 Å². The van der Waals surface area contributed by atoms with Crippen LogP contribution in [0.2, 0.25) is 18.1 Å². The van der Waals surface area contributed by atoms with Gasteiger partial charge in [0.25, 0.3) is 5.88 Å². The fourth-order valence-electron chi connectivity index (χ4n) is 10.3. The first kappa shape index (κ1) is 44.6. The highest BCUT2D eigenvalue weighted by molar-refractivity contribution is 6.74. The second-order valence-corrected chi connectivity index (χ2v) is 24.3. The molecule has 3 aliphatic carbocycles. The fraction of sp³-hybridized carbons (Fsp3) is 0.604. The Bertz CT molecular complexity index is 2210. The van der Waals surface area contributed by atoms with Crippen molar-refractivity contribution in [3.63, 3.8) is 0 Å². The average molecular weight is 878 g/mol. The van der Waals surface area contributed by atoms with Crippen molar-refractivity contribution in [1.29, 1.82) is 0 Å². The summed E-state index contributed by atoms with van der Waals surface area (Å²) in [6.45, 7) is 17.0. The third-order valence-electron chi connectivity index (χ3n) is 14.6. The molecule has 0 saturated carbocycles. The first-order chi connectivity index (χ1) is 29.4. The SMILES string of the molecule is CCCCOc1cc(C2CCCN2Cc2ccccc2)c(C(F)(F)F)c2c1C(=O)C1=C(O)[C@]3(O[Si](C)(C)C(C)(C)C)C(=O)c4c(OCCCC)noc4[C@@H](N4CCC4)[C@@H]3C[C@@H]1C2. The van der Waals surface area contributed by atoms with Gasteiger partial charge in [0.15, 0.2) is 25.5 Å². The first-order valence-electron chi connectivity index (χ1n) is 22.7. The van der Waals surface area contributed by atoms with Crippen molar-refractivity contribution < 1.29 is 46.3 Å². The molecule has 1 aromatic heterocycles. The zero-order valence-electron chi connectivity index (χ0n) is 37.3. The van der Waals surface area contributed by atoms with E-state index in [0.29, 0.717) is 51.2 Å². The van der Waals surface area contributed by atoms with Crippen LogP contribution in [0.4, 0.5) is 13.2 Å². The van der Waals surface area contributed by atoms with Crippen LogP contribution in [0, 0.1) is 11.8 Å². The smallest absolute Gasteiger partial charge is 0.417 e. The van der Waals surface area contributed by atoms with Gasteiger partial charge >= 0.3 is 6.18 Å². The van der Waals surface area contributed by atoms with E-state index in [0.717, 1.165) is 31.2 Å². The molecule has 5 aliphatic rings. The molecule has 336 valence electrons. The topological polar surface area (TPSA) is 115 Å². The van der Waals surface area contributed by atoms with Crippen LogP contribution in [0.5, 0.6) is 11.6 Å². The number of halogens is 3. The minimum atomic E-state index is -4.81. The Hall–Kier alpha value is -3.98. The van der Waals surface area contributed by atoms with Gasteiger partial charge in [0.1, 0.15) is 17.1 Å². The monoisotopic (exact) mass is 877 g/mol. The number of likely N-dealkylation sites (tertiary alicyclic amines) is 2. The van der Waals surface area contributed by atoms with Gasteiger partial charge in [-0.25, -0.2) is 0 Å². The molecule has 2 fully saturated rings. The van der Waals surface area contributed by atoms with E-state index < -0.39 is 71.9 Å². The molecular weight excluding hydrogens is 816 g/mol. The third kappa shape index (κ3) is 7.53. The van der Waals surface area contributed by atoms with Crippen molar-refractivity contribution >= 4 is 19.9 Å². The first-order valence-corrected chi connectivity index (χ1v) is 25.6. The van der Waals surface area contributed by atoms with Crippen LogP contribution in [0.25, 0.3) is 0 Å². The number of ketones is 2. The molecule has 1 unspecified atom stereocenters. The number of aromatic nitrogens is 1. The molecule has 1 N–H and O–H groups in total. The summed E-state index contributed by atoms with van der Waals surface area (Å²) in [4.78, 5) is 35.3. The number of aliphatic hydroxyl groups is 1. The number of allylic oxidation sites excluding steroid dienone is 1. The van der Waals surface area contributed by atoms with Gasteiger partial charge in [-0.05, 0) is 103 Å². The zero-order valence-corrected chi connectivity index (χ0v) is 38.3. The molecule has 0 amide bonds. The van der Waals surface area contributed by atoms with Crippen molar-refractivity contribution in [2.75, 3.05) is 32.8 Å². The maximum Gasteiger partial charge on any atom is 0.417 e. The second kappa shape index (κ2) is 16.9. The lowest BCUT2D eigenvalue weighted by molar-refractivity contribution is -0.139. The molecule has 3 heterocycles. The van der Waals surface area contributed by atoms with E-state index in [-0.39, 0.29) is 65.5 Å². The van der Waals surface area contributed by atoms with Crippen LogP contribution < -0.4 is 9.47 Å². The number of ether oxygens (including phenoxy) is 2. The van der Waals surface area contributed by atoms with Crippen molar-refractivity contribution in [1.82, 2.24) is 15.0 Å². The maximum absolute atomic E-state index is 16.0. The molecule has 0 radical (unpaired) electrons. The van der Waals surface area contributed by atoms with Gasteiger partial charge in [-0.3, -0.25) is 19.4 Å². The number of carbonyl (C=O) groups excluding carboxylic acids is 2. The average Bonchev–Trinajstić information content (AvgIpc) is 3.83. The number of fused-ring (bicyclic) bond motifs is 4. The number of aliphatic hydroxyl groups excluding tert-OH is 1. The van der Waals surface area contributed by atoms with Crippen LogP contribution in [0.15, 0.2) is 52.3 Å². The molecule has 8 rings (SSSR count). The quantitative estimate of drug-likeness (QED) is 0.124. The van der Waals surface area contributed by atoms with E-state index in [1.807, 2.05) is 78.0 Å². The molecule has 14 heteroatoms. The lowest BCUT2D eigenvalue weighted by Gasteiger charge is -2.56. The van der Waals surface area contributed by atoms with Crippen molar-refractivity contribution in [3.8, 4) is 11.6 Å². The maximum atomic E-state index is 16.0. The highest BCUT2D eigenvalue weighted by Gasteiger charge is 2.68. The van der Waals surface area contributed by atoms with E-state index in [1.165, 1.54) is 6.07 Å². The number of nitrogens with zero attached hydrogens (tertiary/aromatic N) is 3. The zero-order chi connectivity index (χ0) is 44.4. The number of Topliss-reactive ketones (excluding diaryl/α,β-unsaturated/α-hetero) is 2. The van der Waals surface area contributed by atoms with Crippen LogP contribution in [0.1, 0.15) is 147 Å². The van der Waals surface area contributed by atoms with Crippen molar-refractivity contribution in [2.45, 2.75) is 141 Å². The Balaban J connectivity index is 1.34. The number of unbranched alkanes of at least 4 members (excludes halogenated alkanes) is 2. The molecule has 5 atom stereocenters. The molecule has 0 spiro atoms. The van der Waals surface area contributed by atoms with E-state index in [4.69, 9.17) is 18.4 Å². The standard InChI is InChI=1S/C48H62F3N3O7Si/c1-8-10-23-58-35-27-31(34-19-15-20-54(34)28-29-17-13-12-14-18-29)39(48(49,50)51)32-25-30-26-33-40(53-21-16-22-53)42-38(45(52-60-42)59-24-11-9-2)44(57)47(33,61-62(6,7)46(3,4)5)43(56)36(30)41(55)37(32)35/h12-14,17-18,27,30,33-34,40,56H,8-11,15-16,19-26,28H2,1-7H3/t30-,33-,34?,40-,47-/m0/s1. The predicted octanol–water partition coefficient (Wildman–Crippen LogP) is 11.0. The van der Waals surface area contributed by atoms with Gasteiger partial charge in [-0.1, -0.05) is 77.8 Å². The molecule has 0 bridgehead atoms. The Labute approximate surface area is 364 Å². The predicted molar refractivity (Wildman–Crippen MR) is 231 cm³/mol. The van der Waals surface area contributed by atoms with Crippen LogP contribution in [-0.4, -0.2) is 78.4 Å². The number of hydrogen-bond donors (Lipinski definition) is 1. The summed E-state index contributed by atoms with van der Waals surface area (Å²) < 4.78 is 73.6. The highest BCUT2D eigenvalue weighted by Crippen LogP contribution is 2.61. The van der Waals surface area contributed by atoms with Gasteiger partial charge in [0.05, 0.1) is 30.4 Å². The normalized spacial score (nSPS) is 25.6. The Kier molecular flexibility index (Phi) is 12.1. The Morgan fingerprint density at radius 2 is 1.66 bits per heavy atom. The minimum absolute atomic E-state index is 0.0167. The summed E-state index contributed by atoms with van der Waals surface area (Å²) in [6.07, 6.45) is 0.188. The van der Waals surface area contributed by atoms with Gasteiger partial charge in [-0.15, -0.1) is 0 Å². The van der Waals surface area contributed by atoms with E-state index in [2.05, 4.69) is 15.0 Å². The number of rotatable bonds is 14. The van der Waals surface area contributed by atoms with E-state index in [9.17, 15) is 5.11 Å². The number of carbonyl (C=O) groups is 2. The molecule has 2 aromatic carbocycles. The van der Waals surface area contributed by atoms with Crippen molar-refractivity contribution in [3.05, 3.63) is 86.9 Å². The summed E-state index contributed by atoms with van der Waals surface area (Å²) in [7, 11) is -2.99. The fourth-order valence-corrected chi connectivity index (χ4v) is 11.8. The summed E-state index contributed by atoms with van der Waals surface area (Å²) in [5.74, 6) is -3.15. The Morgan fingerprint density at radius 1 is 0.968 bits per heavy atom. The number of alkyl halides is 3. The molecule has 2 saturated heterocycles. The Morgan fingerprint density at radius 3 is 2.29 bits per heavy atom. The molecule has 2 aliphatic heterocycles. The summed E-state index contributed by atoms with van der Waals surface area (Å²) in [5, 5.41) is 16.9. The van der Waals surface area contributed by atoms with E-state index >= 15 is 22.8 Å². The van der Waals surface area contributed by atoms with Crippen LogP contribution >= 0.6 is 0 Å². The largest absolute Gasteiger partial charge is 0.508 e.